The molecule has 0 saturated carbocycles. The zero-order valence-corrected chi connectivity index (χ0v) is 17.0. The number of carbonyl (C=O) groups excluding carboxylic acids is 2. The van der Waals surface area contributed by atoms with Crippen molar-refractivity contribution in [3.05, 3.63) is 24.2 Å². The predicted molar refractivity (Wildman–Crippen MR) is 104 cm³/mol. The van der Waals surface area contributed by atoms with Gasteiger partial charge in [-0.25, -0.2) is 0 Å². The highest BCUT2D eigenvalue weighted by molar-refractivity contribution is 5.94. The Labute approximate surface area is 157 Å². The largest absolute Gasteiger partial charge is 0.472 e. The summed E-state index contributed by atoms with van der Waals surface area (Å²) in [4.78, 5) is 28.8. The van der Waals surface area contributed by atoms with Crippen molar-refractivity contribution >= 4 is 11.8 Å². The Kier molecular flexibility index (Phi) is 10.0. The van der Waals surface area contributed by atoms with Crippen LogP contribution in [-0.2, 0) is 4.79 Å². The molecule has 6 nitrogen and oxygen atoms in total. The van der Waals surface area contributed by atoms with Gasteiger partial charge in [0.15, 0.2) is 0 Å². The van der Waals surface area contributed by atoms with Crippen molar-refractivity contribution in [2.24, 2.45) is 0 Å². The second kappa shape index (κ2) is 11.7. The van der Waals surface area contributed by atoms with E-state index in [2.05, 4.69) is 24.1 Å². The lowest BCUT2D eigenvalue weighted by Crippen LogP contribution is -2.41. The predicted octanol–water partition coefficient (Wildman–Crippen LogP) is 3.15. The van der Waals surface area contributed by atoms with Gasteiger partial charge in [0.25, 0.3) is 5.91 Å². The summed E-state index contributed by atoms with van der Waals surface area (Å²) in [7, 11) is 0. The number of rotatable bonds is 12. The van der Waals surface area contributed by atoms with Crippen LogP contribution < -0.4 is 5.32 Å². The highest BCUT2D eigenvalue weighted by Gasteiger charge is 2.20. The third-order valence-corrected chi connectivity index (χ3v) is 4.65. The van der Waals surface area contributed by atoms with Crippen molar-refractivity contribution in [1.29, 1.82) is 0 Å². The summed E-state index contributed by atoms with van der Waals surface area (Å²) < 4.78 is 4.98. The summed E-state index contributed by atoms with van der Waals surface area (Å²) >= 11 is 0. The molecule has 1 atom stereocenters. The molecule has 0 radical (unpaired) electrons. The van der Waals surface area contributed by atoms with Gasteiger partial charge in [0.1, 0.15) is 6.26 Å². The number of hydrogen-bond acceptors (Lipinski definition) is 4. The van der Waals surface area contributed by atoms with Crippen LogP contribution in [0.4, 0.5) is 0 Å². The fourth-order valence-electron chi connectivity index (χ4n) is 2.95. The number of amides is 2. The number of nitrogens with one attached hydrogen (secondary N) is 1. The van der Waals surface area contributed by atoms with Crippen molar-refractivity contribution in [3.63, 3.8) is 0 Å². The average molecular weight is 366 g/mol. The Morgan fingerprint density at radius 1 is 1.15 bits per heavy atom. The Balaban J connectivity index is 2.37. The molecular formula is C20H35N3O3. The molecule has 1 aromatic rings. The molecule has 0 fully saturated rings. The Bertz CT molecular complexity index is 524. The molecule has 1 heterocycles. The molecule has 148 valence electrons. The topological polar surface area (TPSA) is 65.8 Å². The van der Waals surface area contributed by atoms with Gasteiger partial charge >= 0.3 is 0 Å². The second-order valence-corrected chi connectivity index (χ2v) is 6.99. The van der Waals surface area contributed by atoms with E-state index in [1.807, 2.05) is 20.8 Å². The molecule has 6 heteroatoms. The number of furan rings is 1. The van der Waals surface area contributed by atoms with Gasteiger partial charge in [0.2, 0.25) is 5.91 Å². The van der Waals surface area contributed by atoms with Crippen LogP contribution in [0.15, 0.2) is 23.0 Å². The lowest BCUT2D eigenvalue weighted by Gasteiger charge is -2.26. The summed E-state index contributed by atoms with van der Waals surface area (Å²) in [5.74, 6) is -0.111. The molecule has 1 unspecified atom stereocenters. The van der Waals surface area contributed by atoms with Crippen LogP contribution in [0.25, 0.3) is 0 Å². The van der Waals surface area contributed by atoms with Crippen LogP contribution in [0.5, 0.6) is 0 Å². The first-order chi connectivity index (χ1) is 12.4. The molecular weight excluding hydrogens is 330 g/mol. The van der Waals surface area contributed by atoms with E-state index < -0.39 is 0 Å². The first kappa shape index (κ1) is 22.2. The Hall–Kier alpha value is -1.82. The summed E-state index contributed by atoms with van der Waals surface area (Å²) in [6.07, 6.45) is 5.26. The van der Waals surface area contributed by atoms with Crippen molar-refractivity contribution in [3.8, 4) is 0 Å². The quantitative estimate of drug-likeness (QED) is 0.618. The SMILES string of the molecule is CCN(CC)CCCC(C)NC(=O)CCN(C(=O)c1ccoc1)C(C)C. The van der Waals surface area contributed by atoms with Gasteiger partial charge in [-0.3, -0.25) is 9.59 Å². The van der Waals surface area contributed by atoms with Gasteiger partial charge in [0, 0.05) is 25.0 Å². The maximum absolute atomic E-state index is 12.5. The lowest BCUT2D eigenvalue weighted by molar-refractivity contribution is -0.122. The molecule has 0 aliphatic heterocycles. The zero-order valence-electron chi connectivity index (χ0n) is 17.0. The maximum atomic E-state index is 12.5. The van der Waals surface area contributed by atoms with Gasteiger partial charge < -0.3 is 19.5 Å². The third kappa shape index (κ3) is 7.60. The van der Waals surface area contributed by atoms with Crippen LogP contribution in [0.3, 0.4) is 0 Å². The molecule has 1 aromatic heterocycles. The van der Waals surface area contributed by atoms with Crippen LogP contribution in [0.1, 0.15) is 64.2 Å². The molecule has 0 spiro atoms. The molecule has 0 aliphatic carbocycles. The fraction of sp³-hybridized carbons (Fsp3) is 0.700. The summed E-state index contributed by atoms with van der Waals surface area (Å²) in [5, 5.41) is 3.04. The van der Waals surface area contributed by atoms with Crippen LogP contribution in [0.2, 0.25) is 0 Å². The zero-order chi connectivity index (χ0) is 19.5. The van der Waals surface area contributed by atoms with E-state index in [1.54, 1.807) is 11.0 Å². The molecule has 1 N–H and O–H groups in total. The molecule has 0 bridgehead atoms. The summed E-state index contributed by atoms with van der Waals surface area (Å²) in [6, 6.07) is 1.82. The van der Waals surface area contributed by atoms with E-state index in [-0.39, 0.29) is 23.9 Å². The number of hydrogen-bond donors (Lipinski definition) is 1. The van der Waals surface area contributed by atoms with Crippen molar-refractivity contribution in [2.75, 3.05) is 26.2 Å². The monoisotopic (exact) mass is 365 g/mol. The first-order valence-corrected chi connectivity index (χ1v) is 9.73. The standard InChI is InChI=1S/C20H35N3O3/c1-6-22(7-2)12-8-9-17(5)21-19(24)10-13-23(16(3)4)20(25)18-11-14-26-15-18/h11,14-17H,6-10,12-13H2,1-5H3,(H,21,24). The van der Waals surface area contributed by atoms with Gasteiger partial charge in [-0.1, -0.05) is 13.8 Å². The Morgan fingerprint density at radius 3 is 2.38 bits per heavy atom. The summed E-state index contributed by atoms with van der Waals surface area (Å²) in [5.41, 5.74) is 0.517. The molecule has 2 amide bonds. The Morgan fingerprint density at radius 2 is 1.85 bits per heavy atom. The minimum Gasteiger partial charge on any atom is -0.472 e. The van der Waals surface area contributed by atoms with E-state index in [0.717, 1.165) is 32.5 Å². The summed E-state index contributed by atoms with van der Waals surface area (Å²) in [6.45, 7) is 13.9. The van der Waals surface area contributed by atoms with Crippen molar-refractivity contribution < 1.29 is 14.0 Å². The van der Waals surface area contributed by atoms with Crippen molar-refractivity contribution in [1.82, 2.24) is 15.1 Å². The molecule has 0 saturated heterocycles. The minimum absolute atomic E-state index is 0.00835. The van der Waals surface area contributed by atoms with Crippen molar-refractivity contribution in [2.45, 2.75) is 66.0 Å². The lowest BCUT2D eigenvalue weighted by atomic mass is 10.1. The molecule has 0 aliphatic rings. The van der Waals surface area contributed by atoms with Crippen LogP contribution in [-0.4, -0.2) is 59.9 Å². The van der Waals surface area contributed by atoms with E-state index in [9.17, 15) is 9.59 Å². The second-order valence-electron chi connectivity index (χ2n) is 6.99. The van der Waals surface area contributed by atoms with Crippen LogP contribution >= 0.6 is 0 Å². The van der Waals surface area contributed by atoms with E-state index >= 15 is 0 Å². The van der Waals surface area contributed by atoms with Crippen LogP contribution in [0, 0.1) is 0 Å². The van der Waals surface area contributed by atoms with E-state index in [0.29, 0.717) is 18.5 Å². The van der Waals surface area contributed by atoms with Gasteiger partial charge in [-0.2, -0.15) is 0 Å². The smallest absolute Gasteiger partial charge is 0.257 e. The molecule has 26 heavy (non-hydrogen) atoms. The molecule has 0 aromatic carbocycles. The van der Waals surface area contributed by atoms with Gasteiger partial charge in [-0.05, 0) is 59.3 Å². The fourth-order valence-corrected chi connectivity index (χ4v) is 2.95. The van der Waals surface area contributed by atoms with E-state index in [4.69, 9.17) is 4.42 Å². The normalized spacial score (nSPS) is 12.4. The first-order valence-electron chi connectivity index (χ1n) is 9.73. The average Bonchev–Trinajstić information content (AvgIpc) is 3.13. The van der Waals surface area contributed by atoms with Gasteiger partial charge in [0.05, 0.1) is 11.8 Å². The highest BCUT2D eigenvalue weighted by atomic mass is 16.3. The highest BCUT2D eigenvalue weighted by Crippen LogP contribution is 2.10. The number of carbonyl (C=O) groups is 2. The third-order valence-electron chi connectivity index (χ3n) is 4.65. The maximum Gasteiger partial charge on any atom is 0.257 e. The minimum atomic E-state index is -0.103. The van der Waals surface area contributed by atoms with E-state index in [1.165, 1.54) is 12.5 Å². The molecule has 1 rings (SSSR count). The number of nitrogens with zero attached hydrogens (tertiary/aromatic N) is 2. The van der Waals surface area contributed by atoms with Gasteiger partial charge in [-0.15, -0.1) is 0 Å².